The van der Waals surface area contributed by atoms with Crippen LogP contribution in [-0.2, 0) is 9.53 Å². The first-order valence-electron chi connectivity index (χ1n) is 5.93. The van der Waals surface area contributed by atoms with Crippen molar-refractivity contribution in [3.8, 4) is 0 Å². The van der Waals surface area contributed by atoms with Crippen LogP contribution in [0.15, 0.2) is 41.5 Å². The van der Waals surface area contributed by atoms with Crippen LogP contribution in [0.1, 0.15) is 6.42 Å². The van der Waals surface area contributed by atoms with Crippen LogP contribution >= 0.6 is 0 Å². The summed E-state index contributed by atoms with van der Waals surface area (Å²) in [6.45, 7) is 0. The molecule has 0 atom stereocenters. The van der Waals surface area contributed by atoms with E-state index in [0.29, 0.717) is 11.3 Å². The molecule has 0 saturated carbocycles. The maximum Gasteiger partial charge on any atom is 0.330 e. The fraction of sp³-hybridized carbons (Fsp3) is 0.154. The Bertz CT molecular complexity index is 667. The van der Waals surface area contributed by atoms with Gasteiger partial charge in [0.25, 0.3) is 0 Å². The van der Waals surface area contributed by atoms with Gasteiger partial charge in [0.15, 0.2) is 11.6 Å². The van der Waals surface area contributed by atoms with Gasteiger partial charge < -0.3 is 20.9 Å². The molecule has 0 aromatic carbocycles. The summed E-state index contributed by atoms with van der Waals surface area (Å²) in [5.41, 5.74) is 6.25. The average molecular weight is 292 g/mol. The fourth-order valence-electron chi connectivity index (χ4n) is 1.62. The Hall–Kier alpha value is -2.90. The second kappa shape index (κ2) is 6.04. The minimum Gasteiger partial charge on any atom is -0.510 e. The molecule has 0 radical (unpaired) electrons. The summed E-state index contributed by atoms with van der Waals surface area (Å²) in [6, 6.07) is 0. The number of aliphatic hydroxyl groups excluding tert-OH is 1. The number of hydrogen-bond donors (Lipinski definition) is 3. The van der Waals surface area contributed by atoms with Gasteiger partial charge in [0, 0.05) is 12.5 Å². The number of allylic oxidation sites excluding steroid dienone is 3. The smallest absolute Gasteiger partial charge is 0.330 e. The van der Waals surface area contributed by atoms with Crippen LogP contribution in [0.25, 0.3) is 0 Å². The van der Waals surface area contributed by atoms with E-state index in [4.69, 9.17) is 5.73 Å². The maximum atomic E-state index is 13.0. The monoisotopic (exact) mass is 292 g/mol. The van der Waals surface area contributed by atoms with Gasteiger partial charge in [0.05, 0.1) is 19.0 Å². The normalized spacial score (nSPS) is 16.2. The molecule has 0 aliphatic heterocycles. The first-order chi connectivity index (χ1) is 9.99. The van der Waals surface area contributed by atoms with E-state index in [9.17, 15) is 14.3 Å². The predicted molar refractivity (Wildman–Crippen MR) is 73.5 cm³/mol. The van der Waals surface area contributed by atoms with Crippen LogP contribution < -0.4 is 11.1 Å². The Morgan fingerprint density at radius 2 is 2.33 bits per heavy atom. The van der Waals surface area contributed by atoms with Crippen molar-refractivity contribution in [3.05, 3.63) is 47.3 Å². The molecule has 21 heavy (non-hydrogen) atoms. The first kappa shape index (κ1) is 14.5. The molecule has 8 heteroatoms. The van der Waals surface area contributed by atoms with Gasteiger partial charge in [-0.3, -0.25) is 0 Å². The second-order valence-electron chi connectivity index (χ2n) is 4.16. The van der Waals surface area contributed by atoms with Gasteiger partial charge in [-0.15, -0.1) is 0 Å². The molecule has 0 saturated heterocycles. The average Bonchev–Trinajstić information content (AvgIpc) is 2.45. The highest BCUT2D eigenvalue weighted by atomic mass is 19.1. The van der Waals surface area contributed by atoms with Gasteiger partial charge in [-0.05, 0) is 11.6 Å². The topological polar surface area (TPSA) is 110 Å². The number of carbonyl (C=O) groups is 1. The Morgan fingerprint density at radius 3 is 2.95 bits per heavy atom. The zero-order valence-corrected chi connectivity index (χ0v) is 11.1. The number of ether oxygens (including phenoxy) is 1. The van der Waals surface area contributed by atoms with Crippen molar-refractivity contribution in [2.45, 2.75) is 6.42 Å². The number of anilines is 2. The highest BCUT2D eigenvalue weighted by Crippen LogP contribution is 2.22. The van der Waals surface area contributed by atoms with E-state index >= 15 is 0 Å². The standard InChI is InChI=1S/C13H13FN4O3/c1-21-11(20)5-7-2-3-9(10(19)4-7)17-13-16-6-8(14)12(15)18-13/h2-3,5-6,19H,4H2,1H3,(H3,15,16,17,18). The minimum absolute atomic E-state index is 0.0147. The van der Waals surface area contributed by atoms with Gasteiger partial charge >= 0.3 is 5.97 Å². The largest absolute Gasteiger partial charge is 0.510 e. The van der Waals surface area contributed by atoms with Crippen molar-refractivity contribution in [1.82, 2.24) is 9.97 Å². The van der Waals surface area contributed by atoms with Crippen LogP contribution in [-0.4, -0.2) is 28.2 Å². The summed E-state index contributed by atoms with van der Waals surface area (Å²) in [4.78, 5) is 18.5. The van der Waals surface area contributed by atoms with Crippen molar-refractivity contribution >= 4 is 17.7 Å². The number of nitrogens with zero attached hydrogens (tertiary/aromatic N) is 2. The molecular formula is C13H13FN4O3. The lowest BCUT2D eigenvalue weighted by Gasteiger charge is -2.14. The van der Waals surface area contributed by atoms with E-state index in [0.717, 1.165) is 6.20 Å². The lowest BCUT2D eigenvalue weighted by molar-refractivity contribution is -0.134. The SMILES string of the molecule is COC(=O)C=C1C=CC(Nc2ncc(F)c(N)n2)=C(O)C1. The first-order valence-corrected chi connectivity index (χ1v) is 5.93. The number of esters is 1. The van der Waals surface area contributed by atoms with Crippen molar-refractivity contribution in [2.75, 3.05) is 18.2 Å². The highest BCUT2D eigenvalue weighted by molar-refractivity contribution is 5.83. The van der Waals surface area contributed by atoms with E-state index in [1.807, 2.05) is 0 Å². The zero-order valence-electron chi connectivity index (χ0n) is 11.1. The molecule has 0 amide bonds. The lowest BCUT2D eigenvalue weighted by atomic mass is 10.0. The third-order valence-corrected chi connectivity index (χ3v) is 2.67. The number of halogens is 1. The second-order valence-corrected chi connectivity index (χ2v) is 4.16. The van der Waals surface area contributed by atoms with Crippen LogP contribution in [0.4, 0.5) is 16.2 Å². The molecule has 4 N–H and O–H groups in total. The predicted octanol–water partition coefficient (Wildman–Crippen LogP) is 1.44. The van der Waals surface area contributed by atoms with Crippen molar-refractivity contribution in [1.29, 1.82) is 0 Å². The molecule has 2 rings (SSSR count). The van der Waals surface area contributed by atoms with E-state index in [1.165, 1.54) is 19.3 Å². The molecule has 7 nitrogen and oxygen atoms in total. The number of methoxy groups -OCH3 is 1. The highest BCUT2D eigenvalue weighted by Gasteiger charge is 2.13. The molecule has 1 heterocycles. The minimum atomic E-state index is -0.721. The van der Waals surface area contributed by atoms with E-state index in [1.54, 1.807) is 6.08 Å². The molecular weight excluding hydrogens is 279 g/mol. The maximum absolute atomic E-state index is 13.0. The van der Waals surface area contributed by atoms with E-state index in [2.05, 4.69) is 20.0 Å². The summed E-state index contributed by atoms with van der Waals surface area (Å²) < 4.78 is 17.5. The quantitative estimate of drug-likeness (QED) is 0.571. The molecule has 1 aliphatic rings. The molecule has 0 fully saturated rings. The molecule has 1 aromatic heterocycles. The number of nitrogens with two attached hydrogens (primary N) is 1. The summed E-state index contributed by atoms with van der Waals surface area (Å²) in [5.74, 6) is -1.48. The van der Waals surface area contributed by atoms with Crippen LogP contribution in [0.2, 0.25) is 0 Å². The van der Waals surface area contributed by atoms with Crippen molar-refractivity contribution in [2.24, 2.45) is 0 Å². The fourth-order valence-corrected chi connectivity index (χ4v) is 1.62. The molecule has 1 aliphatic carbocycles. The zero-order chi connectivity index (χ0) is 15.4. The summed E-state index contributed by atoms with van der Waals surface area (Å²) in [6.07, 6.45) is 5.51. The number of rotatable bonds is 3. The number of nitrogen functional groups attached to an aromatic ring is 1. The summed E-state index contributed by atoms with van der Waals surface area (Å²) >= 11 is 0. The molecule has 110 valence electrons. The number of aliphatic hydroxyl groups is 1. The van der Waals surface area contributed by atoms with Gasteiger partial charge in [-0.25, -0.2) is 14.2 Å². The Kier molecular flexibility index (Phi) is 4.17. The Labute approximate surface area is 119 Å². The number of nitrogens with one attached hydrogen (secondary N) is 1. The van der Waals surface area contributed by atoms with Crippen molar-refractivity contribution < 1.29 is 19.0 Å². The molecule has 0 bridgehead atoms. The Morgan fingerprint density at radius 1 is 1.57 bits per heavy atom. The third-order valence-electron chi connectivity index (χ3n) is 2.67. The number of hydrogen-bond acceptors (Lipinski definition) is 7. The molecule has 0 unspecified atom stereocenters. The molecule has 0 spiro atoms. The van der Waals surface area contributed by atoms with Gasteiger partial charge in [0.2, 0.25) is 5.95 Å². The van der Waals surface area contributed by atoms with Gasteiger partial charge in [-0.1, -0.05) is 6.08 Å². The Balaban J connectivity index is 2.13. The lowest BCUT2D eigenvalue weighted by Crippen LogP contribution is -2.10. The van der Waals surface area contributed by atoms with E-state index < -0.39 is 11.8 Å². The van der Waals surface area contributed by atoms with Gasteiger partial charge in [0.1, 0.15) is 5.76 Å². The van der Waals surface area contributed by atoms with Crippen LogP contribution in [0, 0.1) is 5.82 Å². The number of carbonyl (C=O) groups excluding carboxylic acids is 1. The van der Waals surface area contributed by atoms with Crippen LogP contribution in [0.3, 0.4) is 0 Å². The summed E-state index contributed by atoms with van der Waals surface area (Å²) in [5, 5.41) is 12.6. The van der Waals surface area contributed by atoms with Crippen LogP contribution in [0.5, 0.6) is 0 Å². The van der Waals surface area contributed by atoms with Crippen molar-refractivity contribution in [3.63, 3.8) is 0 Å². The third kappa shape index (κ3) is 3.56. The number of aromatic nitrogens is 2. The van der Waals surface area contributed by atoms with E-state index in [-0.39, 0.29) is 23.9 Å². The molecule has 1 aromatic rings. The van der Waals surface area contributed by atoms with Gasteiger partial charge in [-0.2, -0.15) is 4.98 Å². The summed E-state index contributed by atoms with van der Waals surface area (Å²) in [7, 11) is 1.27.